The predicted octanol–water partition coefficient (Wildman–Crippen LogP) is 1.92. The number of carbonyl (C=O) groups is 1. The maximum atomic E-state index is 11.8. The number of aromatic nitrogens is 2. The van der Waals surface area contributed by atoms with Crippen LogP contribution in [0.3, 0.4) is 0 Å². The van der Waals surface area contributed by atoms with E-state index in [1.54, 1.807) is 13.1 Å². The van der Waals surface area contributed by atoms with Gasteiger partial charge in [0.15, 0.2) is 0 Å². The Kier molecular flexibility index (Phi) is 5.24. The molecule has 0 aromatic carbocycles. The molecule has 0 aliphatic heterocycles. The Bertz CT molecular complexity index is 418. The number of carbonyl (C=O) groups excluding carboxylic acids is 1. The van der Waals surface area contributed by atoms with E-state index in [2.05, 4.69) is 24.8 Å². The fraction of sp³-hybridized carbons (Fsp3) is 0.545. The molecule has 0 atom stereocenters. The van der Waals surface area contributed by atoms with Crippen molar-refractivity contribution in [1.29, 1.82) is 0 Å². The van der Waals surface area contributed by atoms with Gasteiger partial charge in [0.2, 0.25) is 0 Å². The first-order valence-corrected chi connectivity index (χ1v) is 16.7. The summed E-state index contributed by atoms with van der Waals surface area (Å²) in [5.41, 5.74) is 0.549. The number of hydrogen-bond acceptors (Lipinski definition) is 5. The predicted molar refractivity (Wildman–Crippen MR) is 72.7 cm³/mol. The molecule has 0 saturated carbocycles. The molecule has 1 heterocycles. The number of thioether (sulfide) groups is 1. The van der Waals surface area contributed by atoms with E-state index < -0.39 is 18.4 Å². The van der Waals surface area contributed by atoms with Gasteiger partial charge in [-0.3, -0.25) is 0 Å². The average Bonchev–Trinajstić information content (AvgIpc) is 2.27. The minimum atomic E-state index is -2.44. The molecule has 4 nitrogen and oxygen atoms in total. The van der Waals surface area contributed by atoms with Crippen molar-refractivity contribution >= 4 is 39.8 Å². The second-order valence-electron chi connectivity index (χ2n) is 4.59. The molecule has 17 heavy (non-hydrogen) atoms. The molecule has 0 unspecified atom stereocenters. The number of nitrogens with zero attached hydrogens (tertiary/aromatic N) is 2. The minimum absolute atomic E-state index is 0.304. The van der Waals surface area contributed by atoms with Crippen LogP contribution in [0, 0.1) is 0 Å². The third kappa shape index (κ3) is 3.84. The SMILES string of the molecule is CCOC(=O)c1cnc(SC)n[c]1[Sn]([CH3])([CH3])[CH3]. The Hall–Kier alpha value is -0.301. The summed E-state index contributed by atoms with van der Waals surface area (Å²) >= 11 is -0.943. The van der Waals surface area contributed by atoms with Crippen molar-refractivity contribution in [3.63, 3.8) is 0 Å². The molecule has 0 fully saturated rings. The van der Waals surface area contributed by atoms with E-state index in [0.29, 0.717) is 12.2 Å². The molecule has 1 rings (SSSR count). The van der Waals surface area contributed by atoms with E-state index in [1.807, 2.05) is 6.26 Å². The van der Waals surface area contributed by atoms with Crippen LogP contribution in [0.1, 0.15) is 17.3 Å². The van der Waals surface area contributed by atoms with Gasteiger partial charge in [0.25, 0.3) is 0 Å². The molecule has 94 valence electrons. The van der Waals surface area contributed by atoms with Crippen LogP contribution < -0.4 is 3.71 Å². The zero-order chi connectivity index (χ0) is 13.1. The van der Waals surface area contributed by atoms with Gasteiger partial charge in [-0.25, -0.2) is 0 Å². The van der Waals surface area contributed by atoms with E-state index in [-0.39, 0.29) is 5.97 Å². The first-order chi connectivity index (χ1) is 7.90. The topological polar surface area (TPSA) is 52.1 Å². The van der Waals surface area contributed by atoms with Crippen LogP contribution in [0.2, 0.25) is 14.8 Å². The van der Waals surface area contributed by atoms with Crippen LogP contribution in [0.5, 0.6) is 0 Å². The first-order valence-electron chi connectivity index (χ1n) is 5.48. The van der Waals surface area contributed by atoms with Crippen LogP contribution in [0.25, 0.3) is 0 Å². The molecule has 6 heteroatoms. The Morgan fingerprint density at radius 3 is 2.59 bits per heavy atom. The molecular formula is C11H18N2O2SSn. The van der Waals surface area contributed by atoms with Gasteiger partial charge in [-0.05, 0) is 0 Å². The maximum absolute atomic E-state index is 11.8. The van der Waals surface area contributed by atoms with Gasteiger partial charge in [-0.2, -0.15) is 0 Å². The summed E-state index contributed by atoms with van der Waals surface area (Å²) in [6.07, 6.45) is 3.54. The molecule has 0 N–H and O–H groups in total. The molecule has 0 aliphatic rings. The number of esters is 1. The zero-order valence-corrected chi connectivity index (χ0v) is 14.6. The van der Waals surface area contributed by atoms with Crippen molar-refractivity contribution in [3.8, 4) is 0 Å². The Labute approximate surface area is 110 Å². The fourth-order valence-corrected chi connectivity index (χ4v) is 6.01. The molecule has 1 aromatic rings. The summed E-state index contributed by atoms with van der Waals surface area (Å²) in [5.74, 6) is -0.304. The Balaban J connectivity index is 3.25. The van der Waals surface area contributed by atoms with Crippen LogP contribution in [-0.4, -0.2) is 47.2 Å². The van der Waals surface area contributed by atoms with Gasteiger partial charge < -0.3 is 0 Å². The van der Waals surface area contributed by atoms with Crippen molar-refractivity contribution in [2.24, 2.45) is 0 Å². The molecule has 0 radical (unpaired) electrons. The van der Waals surface area contributed by atoms with Crippen molar-refractivity contribution in [2.75, 3.05) is 12.9 Å². The van der Waals surface area contributed by atoms with E-state index in [0.717, 1.165) is 8.87 Å². The summed E-state index contributed by atoms with van der Waals surface area (Å²) in [4.78, 5) is 27.2. The third-order valence-corrected chi connectivity index (χ3v) is 7.86. The standard InChI is InChI=1S/C8H9N2O2S.3CH3.Sn/c1-3-12-7(11)6-4-9-8(13-2)10-5-6;;;;/h4H,3H2,1-2H3;3*1H3;. The molecule has 0 amide bonds. The number of rotatable bonds is 4. The van der Waals surface area contributed by atoms with Gasteiger partial charge in [0.1, 0.15) is 0 Å². The fourth-order valence-electron chi connectivity index (χ4n) is 1.39. The van der Waals surface area contributed by atoms with Crippen LogP contribution in [-0.2, 0) is 4.74 Å². The molecule has 0 saturated heterocycles. The van der Waals surface area contributed by atoms with Gasteiger partial charge in [0.05, 0.1) is 0 Å². The molecule has 0 aliphatic carbocycles. The molecule has 1 aromatic heterocycles. The number of ether oxygens (including phenoxy) is 1. The van der Waals surface area contributed by atoms with Crippen molar-refractivity contribution in [3.05, 3.63) is 11.8 Å². The van der Waals surface area contributed by atoms with Crippen molar-refractivity contribution in [1.82, 2.24) is 9.97 Å². The van der Waals surface area contributed by atoms with Gasteiger partial charge in [0, 0.05) is 0 Å². The van der Waals surface area contributed by atoms with Crippen molar-refractivity contribution < 1.29 is 9.53 Å². The van der Waals surface area contributed by atoms with Crippen LogP contribution >= 0.6 is 11.8 Å². The second-order valence-corrected chi connectivity index (χ2v) is 19.6. The van der Waals surface area contributed by atoms with E-state index in [9.17, 15) is 4.79 Å². The summed E-state index contributed by atoms with van der Waals surface area (Å²) < 4.78 is 5.99. The van der Waals surface area contributed by atoms with Gasteiger partial charge in [-0.15, -0.1) is 0 Å². The summed E-state index contributed by atoms with van der Waals surface area (Å²) in [7, 11) is 0. The summed E-state index contributed by atoms with van der Waals surface area (Å²) in [6, 6.07) is 0. The van der Waals surface area contributed by atoms with Crippen molar-refractivity contribution in [2.45, 2.75) is 26.9 Å². The molecular weight excluding hydrogens is 343 g/mol. The quantitative estimate of drug-likeness (QED) is 0.355. The van der Waals surface area contributed by atoms with Gasteiger partial charge >= 0.3 is 111 Å². The first kappa shape index (κ1) is 14.8. The Morgan fingerprint density at radius 2 is 2.12 bits per heavy atom. The summed E-state index contributed by atoms with van der Waals surface area (Å²) in [6.45, 7) is 2.18. The number of hydrogen-bond donors (Lipinski definition) is 0. The molecule has 0 spiro atoms. The summed E-state index contributed by atoms with van der Waals surface area (Å²) in [5, 5.41) is 0.722. The van der Waals surface area contributed by atoms with E-state index in [1.165, 1.54) is 11.8 Å². The Morgan fingerprint density at radius 1 is 1.47 bits per heavy atom. The van der Waals surface area contributed by atoms with Crippen LogP contribution in [0.15, 0.2) is 11.4 Å². The normalized spacial score (nSPS) is 11.4. The second kappa shape index (κ2) is 6.04. The monoisotopic (exact) mass is 362 g/mol. The van der Waals surface area contributed by atoms with Crippen LogP contribution in [0.4, 0.5) is 0 Å². The van der Waals surface area contributed by atoms with E-state index >= 15 is 0 Å². The third-order valence-electron chi connectivity index (χ3n) is 2.15. The zero-order valence-electron chi connectivity index (χ0n) is 10.9. The molecule has 0 bridgehead atoms. The van der Waals surface area contributed by atoms with E-state index in [4.69, 9.17) is 4.74 Å². The average molecular weight is 361 g/mol. The van der Waals surface area contributed by atoms with Gasteiger partial charge in [-0.1, -0.05) is 0 Å².